The molecule has 0 unspecified atom stereocenters. The molecule has 0 aromatic heterocycles. The minimum Gasteiger partial charge on any atom is -0.316 e. The summed E-state index contributed by atoms with van der Waals surface area (Å²) in [7, 11) is 0. The van der Waals surface area contributed by atoms with Crippen LogP contribution in [0.5, 0.6) is 0 Å². The Balaban J connectivity index is 0.00000154. The molecule has 0 bridgehead atoms. The molecule has 2 nitrogen and oxygen atoms in total. The first-order chi connectivity index (χ1) is 8.84. The van der Waals surface area contributed by atoms with Crippen LogP contribution in [0.25, 0.3) is 0 Å². The second-order valence-electron chi connectivity index (χ2n) is 5.68. The van der Waals surface area contributed by atoms with E-state index in [9.17, 15) is 4.79 Å². The summed E-state index contributed by atoms with van der Waals surface area (Å²) in [6, 6.07) is 0.235. The predicted octanol–water partition coefficient (Wildman–Crippen LogP) is 4.78. The van der Waals surface area contributed by atoms with Crippen LogP contribution in [0.15, 0.2) is 23.4 Å². The van der Waals surface area contributed by atoms with Crippen molar-refractivity contribution in [1.29, 1.82) is 0 Å². The smallest absolute Gasteiger partial charge is 0.230 e. The van der Waals surface area contributed by atoms with Crippen molar-refractivity contribution in [2.75, 3.05) is 0 Å². The summed E-state index contributed by atoms with van der Waals surface area (Å²) in [5, 5.41) is 0. The molecule has 1 aliphatic heterocycles. The van der Waals surface area contributed by atoms with E-state index in [1.54, 1.807) is 0 Å². The van der Waals surface area contributed by atoms with Crippen molar-refractivity contribution in [1.82, 2.24) is 4.90 Å². The fourth-order valence-electron chi connectivity index (χ4n) is 2.27. The van der Waals surface area contributed by atoms with Crippen molar-refractivity contribution in [2.24, 2.45) is 11.8 Å². The standard InChI is InChI=1S/C15H25NO.C2H6/c1-10(2)13-7-8-16(12(5)6)15(17)9-14(13)11(3)4;1-2/h7-8,10-12H,9H2,1-6H3;1-2H3. The van der Waals surface area contributed by atoms with Gasteiger partial charge in [0.05, 0.1) is 0 Å². The van der Waals surface area contributed by atoms with Gasteiger partial charge in [-0.15, -0.1) is 0 Å². The highest BCUT2D eigenvalue weighted by Gasteiger charge is 2.23. The van der Waals surface area contributed by atoms with Crippen LogP contribution >= 0.6 is 0 Å². The van der Waals surface area contributed by atoms with Crippen molar-refractivity contribution in [3.8, 4) is 0 Å². The van der Waals surface area contributed by atoms with E-state index < -0.39 is 0 Å². The molecule has 0 saturated carbocycles. The minimum absolute atomic E-state index is 0.218. The molecule has 2 heteroatoms. The molecule has 110 valence electrons. The van der Waals surface area contributed by atoms with E-state index in [0.717, 1.165) is 0 Å². The molecule has 0 saturated heterocycles. The number of amides is 1. The molecule has 0 fully saturated rings. The lowest BCUT2D eigenvalue weighted by Crippen LogP contribution is -2.31. The van der Waals surface area contributed by atoms with Crippen LogP contribution in [0.1, 0.15) is 61.8 Å². The average Bonchev–Trinajstić information content (AvgIpc) is 2.50. The Morgan fingerprint density at radius 3 is 1.89 bits per heavy atom. The SMILES string of the molecule is CC.CC(C)C1=C(C(C)C)CC(=O)N(C(C)C)C=C1. The number of rotatable bonds is 3. The molecule has 0 atom stereocenters. The Kier molecular flexibility index (Phi) is 7.73. The van der Waals surface area contributed by atoms with E-state index in [2.05, 4.69) is 47.6 Å². The summed E-state index contributed by atoms with van der Waals surface area (Å²) in [6.07, 6.45) is 4.65. The zero-order valence-electron chi connectivity index (χ0n) is 13.9. The van der Waals surface area contributed by atoms with E-state index in [0.29, 0.717) is 18.3 Å². The molecule has 0 spiro atoms. The summed E-state index contributed by atoms with van der Waals surface area (Å²) in [4.78, 5) is 14.0. The van der Waals surface area contributed by atoms with Gasteiger partial charge in [0.25, 0.3) is 0 Å². The Hall–Kier alpha value is -1.05. The first-order valence-corrected chi connectivity index (χ1v) is 7.56. The summed E-state index contributed by atoms with van der Waals surface area (Å²) < 4.78 is 0. The van der Waals surface area contributed by atoms with Gasteiger partial charge < -0.3 is 4.90 Å². The topological polar surface area (TPSA) is 20.3 Å². The molecule has 0 aromatic rings. The third-order valence-electron chi connectivity index (χ3n) is 3.29. The van der Waals surface area contributed by atoms with Crippen molar-refractivity contribution in [2.45, 2.75) is 67.9 Å². The van der Waals surface area contributed by atoms with Gasteiger partial charge in [0, 0.05) is 18.7 Å². The van der Waals surface area contributed by atoms with Crippen LogP contribution in [-0.2, 0) is 4.79 Å². The predicted molar refractivity (Wildman–Crippen MR) is 83.8 cm³/mol. The quantitative estimate of drug-likeness (QED) is 0.719. The van der Waals surface area contributed by atoms with E-state index >= 15 is 0 Å². The van der Waals surface area contributed by atoms with E-state index in [-0.39, 0.29) is 11.9 Å². The minimum atomic E-state index is 0.218. The maximum atomic E-state index is 12.2. The zero-order chi connectivity index (χ0) is 15.2. The monoisotopic (exact) mass is 265 g/mol. The molecule has 1 heterocycles. The van der Waals surface area contributed by atoms with Gasteiger partial charge in [0.15, 0.2) is 0 Å². The lowest BCUT2D eigenvalue weighted by molar-refractivity contribution is -0.129. The Labute approximate surface area is 119 Å². The highest BCUT2D eigenvalue weighted by Crippen LogP contribution is 2.28. The van der Waals surface area contributed by atoms with Gasteiger partial charge in [0.2, 0.25) is 5.91 Å². The summed E-state index contributed by atoms with van der Waals surface area (Å²) in [5.74, 6) is 1.13. The number of carbonyl (C=O) groups excluding carboxylic acids is 1. The van der Waals surface area contributed by atoms with Gasteiger partial charge in [-0.2, -0.15) is 0 Å². The first-order valence-electron chi connectivity index (χ1n) is 7.56. The summed E-state index contributed by atoms with van der Waals surface area (Å²) in [5.41, 5.74) is 2.63. The van der Waals surface area contributed by atoms with Crippen LogP contribution in [0.2, 0.25) is 0 Å². The normalized spacial score (nSPS) is 16.2. The highest BCUT2D eigenvalue weighted by molar-refractivity contribution is 5.81. The van der Waals surface area contributed by atoms with Crippen molar-refractivity contribution < 1.29 is 4.79 Å². The molecule has 1 aliphatic rings. The molecule has 1 amide bonds. The van der Waals surface area contributed by atoms with Crippen LogP contribution in [0, 0.1) is 11.8 Å². The van der Waals surface area contributed by atoms with E-state index in [1.807, 2.05) is 24.9 Å². The third kappa shape index (κ3) is 4.85. The van der Waals surface area contributed by atoms with E-state index in [1.165, 1.54) is 11.1 Å². The van der Waals surface area contributed by atoms with Gasteiger partial charge in [-0.1, -0.05) is 47.1 Å². The van der Waals surface area contributed by atoms with Crippen molar-refractivity contribution in [3.05, 3.63) is 23.4 Å². The fourth-order valence-corrected chi connectivity index (χ4v) is 2.27. The second kappa shape index (κ2) is 8.19. The van der Waals surface area contributed by atoms with Gasteiger partial charge in [-0.3, -0.25) is 4.79 Å². The summed E-state index contributed by atoms with van der Waals surface area (Å²) in [6.45, 7) is 16.8. The molecule has 0 N–H and O–H groups in total. The maximum absolute atomic E-state index is 12.2. The fraction of sp³-hybridized carbons (Fsp3) is 0.706. The summed E-state index contributed by atoms with van der Waals surface area (Å²) >= 11 is 0. The lowest BCUT2D eigenvalue weighted by Gasteiger charge is -2.22. The molecular weight excluding hydrogens is 234 g/mol. The Morgan fingerprint density at radius 2 is 1.53 bits per heavy atom. The Bertz CT molecular complexity index is 348. The average molecular weight is 265 g/mol. The maximum Gasteiger partial charge on any atom is 0.230 e. The second-order valence-corrected chi connectivity index (χ2v) is 5.68. The first kappa shape index (κ1) is 17.9. The largest absolute Gasteiger partial charge is 0.316 e. The zero-order valence-corrected chi connectivity index (χ0v) is 13.9. The van der Waals surface area contributed by atoms with Gasteiger partial charge in [0.1, 0.15) is 0 Å². The molecule has 0 radical (unpaired) electrons. The lowest BCUT2D eigenvalue weighted by atomic mass is 9.89. The van der Waals surface area contributed by atoms with Gasteiger partial charge in [-0.05, 0) is 37.3 Å². The van der Waals surface area contributed by atoms with Crippen LogP contribution in [0.3, 0.4) is 0 Å². The molecule has 0 aliphatic carbocycles. The highest BCUT2D eigenvalue weighted by atomic mass is 16.2. The van der Waals surface area contributed by atoms with Crippen LogP contribution in [-0.4, -0.2) is 16.8 Å². The molecule has 1 rings (SSSR count). The van der Waals surface area contributed by atoms with Crippen LogP contribution < -0.4 is 0 Å². The number of nitrogens with zero attached hydrogens (tertiary/aromatic N) is 1. The van der Waals surface area contributed by atoms with Crippen molar-refractivity contribution >= 4 is 5.91 Å². The molecular formula is C17H31NO. The van der Waals surface area contributed by atoms with E-state index in [4.69, 9.17) is 0 Å². The number of allylic oxidation sites excluding steroid dienone is 2. The Morgan fingerprint density at radius 1 is 1.00 bits per heavy atom. The van der Waals surface area contributed by atoms with Gasteiger partial charge in [-0.25, -0.2) is 0 Å². The van der Waals surface area contributed by atoms with Gasteiger partial charge >= 0.3 is 0 Å². The van der Waals surface area contributed by atoms with Crippen molar-refractivity contribution in [3.63, 3.8) is 0 Å². The number of hydrogen-bond acceptors (Lipinski definition) is 1. The molecule has 19 heavy (non-hydrogen) atoms. The number of carbonyl (C=O) groups is 1. The third-order valence-corrected chi connectivity index (χ3v) is 3.29. The van der Waals surface area contributed by atoms with Crippen LogP contribution in [0.4, 0.5) is 0 Å². The molecule has 0 aromatic carbocycles. The number of hydrogen-bond donors (Lipinski definition) is 0.